The number of benzene rings is 2. The number of aromatic nitrogens is 1. The summed E-state index contributed by atoms with van der Waals surface area (Å²) in [7, 11) is 0. The first-order chi connectivity index (χ1) is 14.2. The van der Waals surface area contributed by atoms with E-state index in [1.807, 2.05) is 18.2 Å². The standard InChI is InChI=1S/C25H29FN2O/c1-3-6-21-17(2)20(24(15-26)28-19-9-10-19)11-12-25(21)29-14-13-18-16-27-23-8-5-4-7-22(18)23/h4-5,7-8,11-12,16,19,27H,3,6,9-10,13-15H2,1-2H3. The monoisotopic (exact) mass is 392 g/mol. The van der Waals surface area contributed by atoms with Crippen molar-refractivity contribution in [2.75, 3.05) is 13.3 Å². The van der Waals surface area contributed by atoms with E-state index in [1.165, 1.54) is 16.5 Å². The first kappa shape index (κ1) is 19.7. The number of nitrogens with one attached hydrogen (secondary N) is 1. The second-order valence-electron chi connectivity index (χ2n) is 7.86. The Morgan fingerprint density at radius 1 is 1.17 bits per heavy atom. The molecule has 1 saturated carbocycles. The van der Waals surface area contributed by atoms with Gasteiger partial charge in [-0.3, -0.25) is 4.99 Å². The number of halogens is 1. The quantitative estimate of drug-likeness (QED) is 0.448. The number of nitrogens with zero attached hydrogens (tertiary/aromatic N) is 1. The highest BCUT2D eigenvalue weighted by atomic mass is 19.1. The second kappa shape index (κ2) is 8.81. The van der Waals surface area contributed by atoms with Crippen molar-refractivity contribution in [3.8, 4) is 5.75 Å². The molecule has 0 radical (unpaired) electrons. The largest absolute Gasteiger partial charge is 0.493 e. The normalized spacial score (nSPS) is 14.5. The van der Waals surface area contributed by atoms with Gasteiger partial charge in [-0.15, -0.1) is 0 Å². The summed E-state index contributed by atoms with van der Waals surface area (Å²) in [5.41, 5.74) is 6.24. The zero-order valence-corrected chi connectivity index (χ0v) is 17.3. The number of aromatic amines is 1. The summed E-state index contributed by atoms with van der Waals surface area (Å²) in [4.78, 5) is 7.91. The van der Waals surface area contributed by atoms with Crippen LogP contribution >= 0.6 is 0 Å². The van der Waals surface area contributed by atoms with Gasteiger partial charge in [0.25, 0.3) is 0 Å². The predicted molar refractivity (Wildman–Crippen MR) is 118 cm³/mol. The maximum Gasteiger partial charge on any atom is 0.132 e. The van der Waals surface area contributed by atoms with Crippen LogP contribution in [0.15, 0.2) is 47.6 Å². The van der Waals surface area contributed by atoms with Crippen molar-refractivity contribution >= 4 is 16.6 Å². The number of hydrogen-bond acceptors (Lipinski definition) is 2. The van der Waals surface area contributed by atoms with Gasteiger partial charge in [0, 0.05) is 29.1 Å². The number of hydrogen-bond donors (Lipinski definition) is 1. The lowest BCUT2D eigenvalue weighted by molar-refractivity contribution is 0.318. The summed E-state index contributed by atoms with van der Waals surface area (Å²) in [5.74, 6) is 0.914. The lowest BCUT2D eigenvalue weighted by Gasteiger charge is -2.17. The van der Waals surface area contributed by atoms with Crippen molar-refractivity contribution in [2.45, 2.75) is 52.0 Å². The zero-order valence-electron chi connectivity index (χ0n) is 17.3. The minimum atomic E-state index is -0.510. The summed E-state index contributed by atoms with van der Waals surface area (Å²) < 4.78 is 19.9. The number of H-pyrrole nitrogens is 1. The van der Waals surface area contributed by atoms with Crippen LogP contribution in [0.2, 0.25) is 0 Å². The van der Waals surface area contributed by atoms with E-state index >= 15 is 0 Å². The molecule has 3 nitrogen and oxygen atoms in total. The van der Waals surface area contributed by atoms with Crippen LogP contribution in [-0.4, -0.2) is 30.0 Å². The first-order valence-corrected chi connectivity index (χ1v) is 10.6. The molecule has 1 fully saturated rings. The molecular weight excluding hydrogens is 363 g/mol. The van der Waals surface area contributed by atoms with E-state index in [9.17, 15) is 4.39 Å². The van der Waals surface area contributed by atoms with Crippen molar-refractivity contribution in [1.82, 2.24) is 4.98 Å². The highest BCUT2D eigenvalue weighted by Crippen LogP contribution is 2.30. The van der Waals surface area contributed by atoms with Crippen LogP contribution in [0.4, 0.5) is 4.39 Å². The van der Waals surface area contributed by atoms with E-state index in [0.29, 0.717) is 18.4 Å². The van der Waals surface area contributed by atoms with E-state index in [2.05, 4.69) is 48.2 Å². The third kappa shape index (κ3) is 4.36. The van der Waals surface area contributed by atoms with Crippen LogP contribution in [0.3, 0.4) is 0 Å². The number of para-hydroxylation sites is 1. The molecule has 3 aromatic rings. The zero-order chi connectivity index (χ0) is 20.2. The molecule has 4 heteroatoms. The van der Waals surface area contributed by atoms with Gasteiger partial charge in [-0.05, 0) is 61.1 Å². The van der Waals surface area contributed by atoms with E-state index in [1.54, 1.807) is 0 Å². The van der Waals surface area contributed by atoms with Crippen LogP contribution in [0.5, 0.6) is 5.75 Å². The van der Waals surface area contributed by atoms with Gasteiger partial charge >= 0.3 is 0 Å². The molecule has 4 rings (SSSR count). The second-order valence-corrected chi connectivity index (χ2v) is 7.86. The van der Waals surface area contributed by atoms with Crippen LogP contribution in [-0.2, 0) is 12.8 Å². The molecule has 2 aromatic carbocycles. The fraction of sp³-hybridized carbons (Fsp3) is 0.400. The summed E-state index contributed by atoms with van der Waals surface area (Å²) >= 11 is 0. The van der Waals surface area contributed by atoms with Gasteiger partial charge in [0.2, 0.25) is 0 Å². The van der Waals surface area contributed by atoms with Crippen LogP contribution < -0.4 is 4.74 Å². The Morgan fingerprint density at radius 3 is 2.76 bits per heavy atom. The van der Waals surface area contributed by atoms with Gasteiger partial charge in [-0.25, -0.2) is 4.39 Å². The molecule has 0 saturated heterocycles. The van der Waals surface area contributed by atoms with E-state index in [4.69, 9.17) is 4.74 Å². The van der Waals surface area contributed by atoms with Crippen LogP contribution in [0.1, 0.15) is 48.4 Å². The van der Waals surface area contributed by atoms with Gasteiger partial charge < -0.3 is 9.72 Å². The summed E-state index contributed by atoms with van der Waals surface area (Å²) in [6, 6.07) is 12.6. The van der Waals surface area contributed by atoms with E-state index in [0.717, 1.165) is 54.5 Å². The Hall–Kier alpha value is -2.62. The van der Waals surface area contributed by atoms with Gasteiger partial charge in [0.15, 0.2) is 0 Å². The number of ether oxygens (including phenoxy) is 1. The molecule has 0 bridgehead atoms. The van der Waals surface area contributed by atoms with Crippen molar-refractivity contribution in [3.05, 3.63) is 64.8 Å². The number of fused-ring (bicyclic) bond motifs is 1. The summed E-state index contributed by atoms with van der Waals surface area (Å²) in [6.45, 7) is 4.34. The summed E-state index contributed by atoms with van der Waals surface area (Å²) in [5, 5.41) is 1.25. The third-order valence-electron chi connectivity index (χ3n) is 5.68. The lowest BCUT2D eigenvalue weighted by Crippen LogP contribution is -2.11. The molecule has 0 amide bonds. The predicted octanol–water partition coefficient (Wildman–Crippen LogP) is 5.97. The SMILES string of the molecule is CCCc1c(OCCc2c[nH]c3ccccc23)ccc(C(CF)=NC2CC2)c1C. The van der Waals surface area contributed by atoms with Gasteiger partial charge in [0.1, 0.15) is 12.4 Å². The third-order valence-corrected chi connectivity index (χ3v) is 5.68. The highest BCUT2D eigenvalue weighted by Gasteiger charge is 2.22. The fourth-order valence-corrected chi connectivity index (χ4v) is 3.95. The van der Waals surface area contributed by atoms with Crippen LogP contribution in [0, 0.1) is 6.92 Å². The summed E-state index contributed by atoms with van der Waals surface area (Å²) in [6.07, 6.45) is 7.02. The molecule has 0 atom stereocenters. The maximum atomic E-state index is 13.7. The van der Waals surface area contributed by atoms with Crippen molar-refractivity contribution in [3.63, 3.8) is 0 Å². The van der Waals surface area contributed by atoms with E-state index < -0.39 is 6.67 Å². The maximum absolute atomic E-state index is 13.7. The van der Waals surface area contributed by atoms with Crippen molar-refractivity contribution in [1.29, 1.82) is 0 Å². The van der Waals surface area contributed by atoms with Gasteiger partial charge in [-0.2, -0.15) is 0 Å². The molecular formula is C25H29FN2O. The molecule has 29 heavy (non-hydrogen) atoms. The topological polar surface area (TPSA) is 37.4 Å². The Labute approximate surface area is 172 Å². The van der Waals surface area contributed by atoms with E-state index in [-0.39, 0.29) is 0 Å². The van der Waals surface area contributed by atoms with Crippen molar-refractivity contribution < 1.29 is 9.13 Å². The highest BCUT2D eigenvalue weighted by molar-refractivity contribution is 6.03. The Balaban J connectivity index is 1.52. The van der Waals surface area contributed by atoms with Gasteiger partial charge in [-0.1, -0.05) is 31.5 Å². The first-order valence-electron chi connectivity index (χ1n) is 10.6. The molecule has 0 unspecified atom stereocenters. The fourth-order valence-electron chi connectivity index (χ4n) is 3.95. The molecule has 0 aliphatic heterocycles. The Morgan fingerprint density at radius 2 is 2.00 bits per heavy atom. The van der Waals surface area contributed by atoms with Crippen molar-refractivity contribution in [2.24, 2.45) is 4.99 Å². The average molecular weight is 393 g/mol. The van der Waals surface area contributed by atoms with Gasteiger partial charge in [0.05, 0.1) is 18.4 Å². The smallest absolute Gasteiger partial charge is 0.132 e. The number of aliphatic imine (C=N–C) groups is 1. The van der Waals surface area contributed by atoms with Crippen LogP contribution in [0.25, 0.3) is 10.9 Å². The average Bonchev–Trinajstić information content (AvgIpc) is 3.47. The minimum absolute atomic E-state index is 0.321. The lowest BCUT2D eigenvalue weighted by atomic mass is 9.95. The number of rotatable bonds is 9. The molecule has 152 valence electrons. The number of alkyl halides is 1. The molecule has 1 aromatic heterocycles. The Bertz CT molecular complexity index is 1020. The molecule has 0 spiro atoms. The molecule has 1 heterocycles. The molecule has 1 N–H and O–H groups in total. The molecule has 1 aliphatic rings. The minimum Gasteiger partial charge on any atom is -0.493 e. The Kier molecular flexibility index (Phi) is 5.98. The molecule has 1 aliphatic carbocycles.